The minimum atomic E-state index is -3.75. The van der Waals surface area contributed by atoms with Crippen molar-refractivity contribution < 1.29 is 23.1 Å². The molecule has 1 aliphatic carbocycles. The fraction of sp³-hybridized carbons (Fsp3) is 0.562. The smallest absolute Gasteiger partial charge is 0.304 e. The number of carboxylic acids is 1. The molecule has 1 aromatic carbocycles. The van der Waals surface area contributed by atoms with Crippen molar-refractivity contribution in [3.05, 3.63) is 24.3 Å². The Morgan fingerprint density at radius 2 is 1.91 bits per heavy atom. The van der Waals surface area contributed by atoms with E-state index in [1.165, 1.54) is 12.1 Å². The molecular formula is C16H23NO5S. The molecule has 7 heteroatoms. The Morgan fingerprint density at radius 3 is 2.39 bits per heavy atom. The van der Waals surface area contributed by atoms with Gasteiger partial charge in [-0.1, -0.05) is 13.8 Å². The van der Waals surface area contributed by atoms with Crippen LogP contribution in [-0.4, -0.2) is 31.6 Å². The van der Waals surface area contributed by atoms with E-state index >= 15 is 0 Å². The summed E-state index contributed by atoms with van der Waals surface area (Å²) in [5.41, 5.74) is 0. The zero-order valence-corrected chi connectivity index (χ0v) is 14.2. The molecule has 2 rings (SSSR count). The molecule has 1 aliphatic rings. The van der Waals surface area contributed by atoms with Gasteiger partial charge in [-0.3, -0.25) is 4.79 Å². The van der Waals surface area contributed by atoms with Crippen LogP contribution in [0.3, 0.4) is 0 Å². The van der Waals surface area contributed by atoms with Crippen LogP contribution in [0.15, 0.2) is 29.2 Å². The summed E-state index contributed by atoms with van der Waals surface area (Å²) in [6.45, 7) is 3.85. The van der Waals surface area contributed by atoms with Crippen LogP contribution < -0.4 is 9.46 Å². The number of hydrogen-bond acceptors (Lipinski definition) is 4. The molecule has 1 unspecified atom stereocenters. The average Bonchev–Trinajstić information content (AvgIpc) is 3.21. The van der Waals surface area contributed by atoms with Gasteiger partial charge in [0, 0.05) is 6.04 Å². The van der Waals surface area contributed by atoms with E-state index in [4.69, 9.17) is 9.84 Å². The van der Waals surface area contributed by atoms with Gasteiger partial charge in [-0.05, 0) is 49.4 Å². The largest absolute Gasteiger partial charge is 0.490 e. The highest BCUT2D eigenvalue weighted by Crippen LogP contribution is 2.27. The first-order chi connectivity index (χ1) is 10.8. The molecule has 0 aromatic heterocycles. The summed E-state index contributed by atoms with van der Waals surface area (Å²) in [6.07, 6.45) is 2.55. The second-order valence-corrected chi connectivity index (χ2v) is 8.05. The van der Waals surface area contributed by atoms with E-state index in [9.17, 15) is 13.2 Å². The number of nitrogens with one attached hydrogen (secondary N) is 1. The molecule has 0 bridgehead atoms. The number of aliphatic carboxylic acids is 1. The third kappa shape index (κ3) is 5.84. The van der Waals surface area contributed by atoms with Gasteiger partial charge in [-0.25, -0.2) is 13.1 Å². The fourth-order valence-corrected chi connectivity index (χ4v) is 3.56. The van der Waals surface area contributed by atoms with E-state index in [2.05, 4.69) is 4.72 Å². The quantitative estimate of drug-likeness (QED) is 0.719. The normalized spacial score (nSPS) is 16.3. The third-order valence-corrected chi connectivity index (χ3v) is 5.00. The molecule has 0 amide bonds. The van der Waals surface area contributed by atoms with Crippen LogP contribution >= 0.6 is 0 Å². The first-order valence-electron chi connectivity index (χ1n) is 7.77. The number of ether oxygens (including phenoxy) is 1. The second kappa shape index (κ2) is 7.31. The van der Waals surface area contributed by atoms with Crippen molar-refractivity contribution in [2.24, 2.45) is 5.92 Å². The summed E-state index contributed by atoms with van der Waals surface area (Å²) in [5.74, 6) is -0.182. The van der Waals surface area contributed by atoms with E-state index in [0.717, 1.165) is 12.8 Å². The molecule has 1 fully saturated rings. The van der Waals surface area contributed by atoms with Crippen LogP contribution in [0.4, 0.5) is 0 Å². The van der Waals surface area contributed by atoms with Gasteiger partial charge in [0.25, 0.3) is 0 Å². The summed E-state index contributed by atoms with van der Waals surface area (Å²) >= 11 is 0. The summed E-state index contributed by atoms with van der Waals surface area (Å²) in [7, 11) is -3.75. The monoisotopic (exact) mass is 341 g/mol. The molecule has 1 aromatic rings. The Hall–Kier alpha value is -1.60. The van der Waals surface area contributed by atoms with Crippen LogP contribution in [0.5, 0.6) is 5.75 Å². The molecule has 0 heterocycles. The number of carbonyl (C=O) groups is 1. The summed E-state index contributed by atoms with van der Waals surface area (Å²) in [5, 5.41) is 8.94. The molecule has 2 N–H and O–H groups in total. The molecular weight excluding hydrogens is 318 g/mol. The van der Waals surface area contributed by atoms with Gasteiger partial charge < -0.3 is 9.84 Å². The lowest BCUT2D eigenvalue weighted by molar-refractivity contribution is -0.137. The van der Waals surface area contributed by atoms with Gasteiger partial charge >= 0.3 is 5.97 Å². The predicted octanol–water partition coefficient (Wildman–Crippen LogP) is 2.40. The highest BCUT2D eigenvalue weighted by atomic mass is 32.2. The summed E-state index contributed by atoms with van der Waals surface area (Å²) in [4.78, 5) is 11.0. The van der Waals surface area contributed by atoms with E-state index in [1.54, 1.807) is 12.1 Å². The topological polar surface area (TPSA) is 92.7 Å². The molecule has 0 saturated heterocycles. The third-order valence-electron chi connectivity index (χ3n) is 3.46. The molecule has 0 spiro atoms. The van der Waals surface area contributed by atoms with Crippen molar-refractivity contribution >= 4 is 16.0 Å². The predicted molar refractivity (Wildman–Crippen MR) is 85.9 cm³/mol. The molecule has 0 aliphatic heterocycles. The van der Waals surface area contributed by atoms with E-state index < -0.39 is 22.0 Å². The maximum Gasteiger partial charge on any atom is 0.304 e. The molecule has 1 saturated carbocycles. The van der Waals surface area contributed by atoms with Gasteiger partial charge in [0.1, 0.15) is 5.75 Å². The van der Waals surface area contributed by atoms with E-state index in [-0.39, 0.29) is 23.3 Å². The number of hydrogen-bond donors (Lipinski definition) is 2. The zero-order valence-electron chi connectivity index (χ0n) is 13.4. The van der Waals surface area contributed by atoms with Crippen molar-refractivity contribution in [1.82, 2.24) is 4.72 Å². The van der Waals surface area contributed by atoms with Gasteiger partial charge in [0.2, 0.25) is 10.0 Å². The van der Waals surface area contributed by atoms with Crippen LogP contribution in [0, 0.1) is 5.92 Å². The van der Waals surface area contributed by atoms with Crippen molar-refractivity contribution in [3.8, 4) is 5.75 Å². The Morgan fingerprint density at radius 1 is 1.30 bits per heavy atom. The van der Waals surface area contributed by atoms with Crippen LogP contribution in [0.1, 0.15) is 39.5 Å². The lowest BCUT2D eigenvalue weighted by Gasteiger charge is -2.19. The highest BCUT2D eigenvalue weighted by molar-refractivity contribution is 7.89. The summed E-state index contributed by atoms with van der Waals surface area (Å²) < 4.78 is 32.9. The highest BCUT2D eigenvalue weighted by Gasteiger charge is 2.25. The van der Waals surface area contributed by atoms with Crippen molar-refractivity contribution in [2.75, 3.05) is 0 Å². The van der Waals surface area contributed by atoms with Gasteiger partial charge in [-0.15, -0.1) is 0 Å². The van der Waals surface area contributed by atoms with Crippen molar-refractivity contribution in [3.63, 3.8) is 0 Å². The lowest BCUT2D eigenvalue weighted by Crippen LogP contribution is -2.37. The number of benzene rings is 1. The van der Waals surface area contributed by atoms with Crippen LogP contribution in [0.25, 0.3) is 0 Å². The standard InChI is InChI=1S/C16H23NO5S/c1-11(2)9-12(10-16(18)19)17-23(20,21)15-7-5-14(6-8-15)22-13-3-4-13/h5-8,11-13,17H,3-4,9-10H2,1-2H3,(H,18,19). The van der Waals surface area contributed by atoms with E-state index in [1.807, 2.05) is 13.8 Å². The molecule has 23 heavy (non-hydrogen) atoms. The minimum absolute atomic E-state index is 0.111. The second-order valence-electron chi connectivity index (χ2n) is 6.33. The van der Waals surface area contributed by atoms with Gasteiger partial charge in [0.15, 0.2) is 0 Å². The number of sulfonamides is 1. The molecule has 0 radical (unpaired) electrons. The summed E-state index contributed by atoms with van der Waals surface area (Å²) in [6, 6.07) is 5.59. The Bertz CT molecular complexity index is 635. The SMILES string of the molecule is CC(C)CC(CC(=O)O)NS(=O)(=O)c1ccc(OC2CC2)cc1. The average molecular weight is 341 g/mol. The minimum Gasteiger partial charge on any atom is -0.490 e. The first-order valence-corrected chi connectivity index (χ1v) is 9.25. The Kier molecular flexibility index (Phi) is 5.64. The fourth-order valence-electron chi connectivity index (χ4n) is 2.32. The first kappa shape index (κ1) is 17.7. The Balaban J connectivity index is 2.06. The van der Waals surface area contributed by atoms with E-state index in [0.29, 0.717) is 12.2 Å². The number of carboxylic acid groups (broad SMARTS) is 1. The molecule has 1 atom stereocenters. The Labute approximate surface area is 136 Å². The van der Waals surface area contributed by atoms with Gasteiger partial charge in [-0.2, -0.15) is 0 Å². The van der Waals surface area contributed by atoms with Gasteiger partial charge in [0.05, 0.1) is 17.4 Å². The van der Waals surface area contributed by atoms with Crippen LogP contribution in [-0.2, 0) is 14.8 Å². The number of rotatable bonds is 9. The molecule has 128 valence electrons. The molecule has 6 nitrogen and oxygen atoms in total. The van der Waals surface area contributed by atoms with Crippen LogP contribution in [0.2, 0.25) is 0 Å². The maximum atomic E-state index is 12.4. The van der Waals surface area contributed by atoms with Crippen molar-refractivity contribution in [2.45, 2.75) is 56.6 Å². The zero-order chi connectivity index (χ0) is 17.0. The lowest BCUT2D eigenvalue weighted by atomic mass is 10.0. The maximum absolute atomic E-state index is 12.4. The van der Waals surface area contributed by atoms with Crippen molar-refractivity contribution in [1.29, 1.82) is 0 Å².